The molecule has 0 aliphatic rings. The van der Waals surface area contributed by atoms with Gasteiger partial charge >= 0.3 is 0 Å². The fourth-order valence-corrected chi connectivity index (χ4v) is 2.87. The summed E-state index contributed by atoms with van der Waals surface area (Å²) in [6.07, 6.45) is 5.27. The van der Waals surface area contributed by atoms with Crippen LogP contribution in [-0.4, -0.2) is 0 Å². The van der Waals surface area contributed by atoms with Gasteiger partial charge in [-0.25, -0.2) is 0 Å². The second kappa shape index (κ2) is 4.89. The van der Waals surface area contributed by atoms with Crippen molar-refractivity contribution < 1.29 is 0 Å². The minimum absolute atomic E-state index is 0.453. The first-order valence-electron chi connectivity index (χ1n) is 6.54. The van der Waals surface area contributed by atoms with E-state index in [1.165, 1.54) is 25.7 Å². The molecule has 1 atom stereocenters. The Morgan fingerprint density at radius 1 is 0.667 bits per heavy atom. The van der Waals surface area contributed by atoms with Crippen LogP contribution in [0.1, 0.15) is 81.1 Å². The van der Waals surface area contributed by atoms with Crippen LogP contribution in [0.15, 0.2) is 0 Å². The summed E-state index contributed by atoms with van der Waals surface area (Å²) in [7, 11) is 0. The van der Waals surface area contributed by atoms with E-state index in [2.05, 4.69) is 55.4 Å². The fraction of sp³-hybridized carbons (Fsp3) is 1.00. The van der Waals surface area contributed by atoms with E-state index in [-0.39, 0.29) is 0 Å². The van der Waals surface area contributed by atoms with Crippen LogP contribution in [0.5, 0.6) is 0 Å². The molecule has 0 heteroatoms. The van der Waals surface area contributed by atoms with Crippen LogP contribution in [0.25, 0.3) is 0 Å². The summed E-state index contributed by atoms with van der Waals surface area (Å²) in [4.78, 5) is 0. The Morgan fingerprint density at radius 3 is 1.40 bits per heavy atom. The van der Waals surface area contributed by atoms with Crippen LogP contribution in [0, 0.1) is 16.2 Å². The van der Waals surface area contributed by atoms with Crippen LogP contribution in [0.2, 0.25) is 0 Å². The quantitative estimate of drug-likeness (QED) is 0.551. The smallest absolute Gasteiger partial charge is 0.0318 e. The minimum Gasteiger partial charge on any atom is -0.0649 e. The molecule has 0 aliphatic heterocycles. The first-order valence-corrected chi connectivity index (χ1v) is 6.54. The Labute approximate surface area is 97.8 Å². The van der Waals surface area contributed by atoms with Crippen LogP contribution in [0.3, 0.4) is 0 Å². The molecule has 0 fully saturated rings. The molecule has 0 aromatic carbocycles. The summed E-state index contributed by atoms with van der Waals surface area (Å²) >= 11 is 0. The Kier molecular flexibility index (Phi) is 4.89. The lowest BCUT2D eigenvalue weighted by Crippen LogP contribution is -2.29. The van der Waals surface area contributed by atoms with Gasteiger partial charge in [-0.05, 0) is 29.1 Å². The first kappa shape index (κ1) is 15.0. The van der Waals surface area contributed by atoms with E-state index in [1.54, 1.807) is 0 Å². The van der Waals surface area contributed by atoms with Crippen molar-refractivity contribution in [3.8, 4) is 0 Å². The van der Waals surface area contributed by atoms with Gasteiger partial charge in [-0.2, -0.15) is 0 Å². The predicted molar refractivity (Wildman–Crippen MR) is 71.2 cm³/mol. The molecule has 0 heterocycles. The van der Waals surface area contributed by atoms with Gasteiger partial charge in [0.15, 0.2) is 0 Å². The standard InChI is InChI=1S/C15H32/c1-9-14(6,7)12-15(8,10-2)11-13(3,4)5/h9-12H2,1-8H3. The molecule has 0 saturated carbocycles. The van der Waals surface area contributed by atoms with Gasteiger partial charge in [-0.15, -0.1) is 0 Å². The van der Waals surface area contributed by atoms with E-state index < -0.39 is 0 Å². The molecule has 92 valence electrons. The molecule has 0 rings (SSSR count). The third-order valence-corrected chi connectivity index (χ3v) is 3.67. The highest BCUT2D eigenvalue weighted by atomic mass is 14.4. The average molecular weight is 212 g/mol. The third-order valence-electron chi connectivity index (χ3n) is 3.67. The van der Waals surface area contributed by atoms with Gasteiger partial charge in [0.25, 0.3) is 0 Å². The van der Waals surface area contributed by atoms with Crippen molar-refractivity contribution >= 4 is 0 Å². The Bertz CT molecular complexity index is 183. The highest BCUT2D eigenvalue weighted by molar-refractivity contribution is 4.84. The van der Waals surface area contributed by atoms with Crippen molar-refractivity contribution in [2.75, 3.05) is 0 Å². The van der Waals surface area contributed by atoms with Crippen molar-refractivity contribution in [3.63, 3.8) is 0 Å². The second-order valence-electron chi connectivity index (χ2n) is 7.60. The molecule has 0 aromatic rings. The van der Waals surface area contributed by atoms with Gasteiger partial charge in [0.05, 0.1) is 0 Å². The summed E-state index contributed by atoms with van der Waals surface area (Å²) in [5.74, 6) is 0. The lowest BCUT2D eigenvalue weighted by molar-refractivity contribution is 0.108. The van der Waals surface area contributed by atoms with Crippen molar-refractivity contribution in [2.24, 2.45) is 16.2 Å². The first-order chi connectivity index (χ1) is 6.54. The summed E-state index contributed by atoms with van der Waals surface area (Å²) in [6, 6.07) is 0. The van der Waals surface area contributed by atoms with Crippen molar-refractivity contribution in [2.45, 2.75) is 81.1 Å². The fourth-order valence-electron chi connectivity index (χ4n) is 2.87. The molecule has 0 radical (unpaired) electrons. The summed E-state index contributed by atoms with van der Waals surface area (Å²) in [6.45, 7) is 19.0. The Hall–Kier alpha value is 0. The van der Waals surface area contributed by atoms with Crippen LogP contribution >= 0.6 is 0 Å². The second-order valence-corrected chi connectivity index (χ2v) is 7.60. The molecular weight excluding hydrogens is 180 g/mol. The van der Waals surface area contributed by atoms with Crippen LogP contribution in [0.4, 0.5) is 0 Å². The van der Waals surface area contributed by atoms with Gasteiger partial charge in [0.2, 0.25) is 0 Å². The summed E-state index contributed by atoms with van der Waals surface area (Å²) in [5.41, 5.74) is 1.46. The van der Waals surface area contributed by atoms with E-state index in [0.717, 1.165) is 0 Å². The van der Waals surface area contributed by atoms with Crippen molar-refractivity contribution in [1.29, 1.82) is 0 Å². The zero-order chi connectivity index (χ0) is 12.3. The van der Waals surface area contributed by atoms with E-state index in [1.807, 2.05) is 0 Å². The minimum atomic E-state index is 0.453. The number of rotatable bonds is 5. The maximum absolute atomic E-state index is 2.47. The third kappa shape index (κ3) is 6.22. The topological polar surface area (TPSA) is 0 Å². The van der Waals surface area contributed by atoms with Gasteiger partial charge in [0.1, 0.15) is 0 Å². The Morgan fingerprint density at radius 2 is 1.13 bits per heavy atom. The van der Waals surface area contributed by atoms with Gasteiger partial charge in [0, 0.05) is 0 Å². The van der Waals surface area contributed by atoms with Gasteiger partial charge in [-0.1, -0.05) is 68.2 Å². The average Bonchev–Trinajstić information content (AvgIpc) is 2.00. The van der Waals surface area contributed by atoms with Crippen molar-refractivity contribution in [1.82, 2.24) is 0 Å². The number of hydrogen-bond donors (Lipinski definition) is 0. The van der Waals surface area contributed by atoms with E-state index >= 15 is 0 Å². The van der Waals surface area contributed by atoms with E-state index in [0.29, 0.717) is 16.2 Å². The summed E-state index contributed by atoms with van der Waals surface area (Å²) < 4.78 is 0. The predicted octanol–water partition coefficient (Wildman–Crippen LogP) is 5.67. The largest absolute Gasteiger partial charge is 0.0649 e. The maximum Gasteiger partial charge on any atom is -0.0318 e. The van der Waals surface area contributed by atoms with Crippen LogP contribution < -0.4 is 0 Å². The zero-order valence-corrected chi connectivity index (χ0v) is 12.3. The van der Waals surface area contributed by atoms with Gasteiger partial charge in [-0.3, -0.25) is 0 Å². The molecule has 1 unspecified atom stereocenters. The molecule has 15 heavy (non-hydrogen) atoms. The SMILES string of the molecule is CCC(C)(C)CC(C)(CC)CC(C)(C)C. The van der Waals surface area contributed by atoms with Crippen molar-refractivity contribution in [3.05, 3.63) is 0 Å². The number of hydrogen-bond acceptors (Lipinski definition) is 0. The van der Waals surface area contributed by atoms with Crippen LogP contribution in [-0.2, 0) is 0 Å². The molecular formula is C15H32. The highest BCUT2D eigenvalue weighted by Gasteiger charge is 2.33. The molecule has 0 aliphatic carbocycles. The molecule has 0 nitrogen and oxygen atoms in total. The van der Waals surface area contributed by atoms with Gasteiger partial charge < -0.3 is 0 Å². The molecule has 0 N–H and O–H groups in total. The maximum atomic E-state index is 2.47. The lowest BCUT2D eigenvalue weighted by atomic mass is 9.65. The zero-order valence-electron chi connectivity index (χ0n) is 12.3. The lowest BCUT2D eigenvalue weighted by Gasteiger charge is -2.40. The molecule has 0 saturated heterocycles. The normalized spacial score (nSPS) is 17.6. The van der Waals surface area contributed by atoms with E-state index in [9.17, 15) is 0 Å². The monoisotopic (exact) mass is 212 g/mol. The molecule has 0 aromatic heterocycles. The molecule has 0 amide bonds. The van der Waals surface area contributed by atoms with E-state index in [4.69, 9.17) is 0 Å². The summed E-state index contributed by atoms with van der Waals surface area (Å²) in [5, 5.41) is 0. The highest BCUT2D eigenvalue weighted by Crippen LogP contribution is 2.45. The molecule has 0 bridgehead atoms. The molecule has 0 spiro atoms. The Balaban J connectivity index is 4.58.